The first-order chi connectivity index (χ1) is 24.7. The van der Waals surface area contributed by atoms with Crippen molar-refractivity contribution in [1.29, 1.82) is 5.26 Å². The third kappa shape index (κ3) is 6.97. The zero-order valence-corrected chi connectivity index (χ0v) is 32.5. The number of rotatable bonds is 8. The van der Waals surface area contributed by atoms with Crippen LogP contribution in [0.4, 0.5) is 15.6 Å². The molecule has 2 aliphatic carbocycles. The third-order valence-electron chi connectivity index (χ3n) is 10.9. The van der Waals surface area contributed by atoms with Crippen LogP contribution in [-0.4, -0.2) is 113 Å². The van der Waals surface area contributed by atoms with E-state index in [9.17, 15) is 10.1 Å². The van der Waals surface area contributed by atoms with Crippen LogP contribution in [0.3, 0.4) is 0 Å². The maximum Gasteiger partial charge on any atom is 0.410 e. The summed E-state index contributed by atoms with van der Waals surface area (Å²) in [4.78, 5) is 37.3. The maximum absolute atomic E-state index is 13.2. The average Bonchev–Trinajstić information content (AvgIpc) is 3.44. The second kappa shape index (κ2) is 13.6. The predicted octanol–water partition coefficient (Wildman–Crippen LogP) is 6.38. The molecule has 7 rings (SSSR count). The number of thiophene rings is 1. The highest BCUT2D eigenvalue weighted by molar-refractivity contribution is 7.16. The summed E-state index contributed by atoms with van der Waals surface area (Å²) >= 11 is 1.58. The van der Waals surface area contributed by atoms with Crippen LogP contribution in [0, 0.1) is 11.3 Å². The molecule has 4 aliphatic rings. The van der Waals surface area contributed by atoms with E-state index in [2.05, 4.69) is 46.9 Å². The number of nitriles is 1. The summed E-state index contributed by atoms with van der Waals surface area (Å²) < 4.78 is 18.5. The van der Waals surface area contributed by atoms with Crippen molar-refractivity contribution in [3.05, 3.63) is 33.9 Å². The SMILES string of the molecule is C[C@H](Oc1cc(N2CCN(C(=O)OC(C)(C)C)C3(CC3)C2)nc(-c2cc([C@@]3(C)CCCc4sc(/N=C/N(C)C)c(C#N)c43)on2)n1)[C@@H]1CCCN1C. The van der Waals surface area contributed by atoms with Gasteiger partial charge in [-0.25, -0.2) is 14.8 Å². The van der Waals surface area contributed by atoms with Gasteiger partial charge in [0, 0.05) is 56.8 Å². The minimum absolute atomic E-state index is 0.0818. The Labute approximate surface area is 310 Å². The summed E-state index contributed by atoms with van der Waals surface area (Å²) in [6.45, 7) is 12.8. The Morgan fingerprint density at radius 2 is 1.98 bits per heavy atom. The first kappa shape index (κ1) is 36.2. The Morgan fingerprint density at radius 1 is 1.19 bits per heavy atom. The molecule has 1 amide bonds. The number of hydrogen-bond donors (Lipinski definition) is 0. The van der Waals surface area contributed by atoms with Gasteiger partial charge in [-0.3, -0.25) is 9.80 Å². The van der Waals surface area contributed by atoms with Crippen LogP contribution in [-0.2, 0) is 16.6 Å². The number of amides is 1. The fourth-order valence-corrected chi connectivity index (χ4v) is 9.36. The van der Waals surface area contributed by atoms with Crippen molar-refractivity contribution in [1.82, 2.24) is 29.8 Å². The molecule has 0 aromatic carbocycles. The largest absolute Gasteiger partial charge is 0.473 e. The molecular formula is C38H51N9O4S. The van der Waals surface area contributed by atoms with Gasteiger partial charge in [-0.15, -0.1) is 11.3 Å². The molecule has 0 bridgehead atoms. The van der Waals surface area contributed by atoms with Gasteiger partial charge in [-0.2, -0.15) is 10.2 Å². The van der Waals surface area contributed by atoms with Gasteiger partial charge < -0.3 is 23.8 Å². The van der Waals surface area contributed by atoms with E-state index in [0.29, 0.717) is 59.4 Å². The van der Waals surface area contributed by atoms with E-state index in [1.807, 2.05) is 56.8 Å². The fraction of sp³-hybridized carbons (Fsp3) is 0.632. The molecule has 5 heterocycles. The summed E-state index contributed by atoms with van der Waals surface area (Å²) in [6.07, 6.45) is 8.09. The van der Waals surface area contributed by atoms with Gasteiger partial charge in [0.25, 0.3) is 0 Å². The van der Waals surface area contributed by atoms with Gasteiger partial charge in [-0.05, 0) is 98.7 Å². The van der Waals surface area contributed by atoms with Gasteiger partial charge in [-0.1, -0.05) is 5.16 Å². The number of likely N-dealkylation sites (tertiary alicyclic amines) is 1. The van der Waals surface area contributed by atoms with Gasteiger partial charge in [0.05, 0.1) is 22.9 Å². The number of nitrogens with zero attached hydrogens (tertiary/aromatic N) is 9. The molecule has 3 aromatic rings. The Balaban J connectivity index is 1.22. The van der Waals surface area contributed by atoms with Crippen LogP contribution in [0.2, 0.25) is 0 Å². The zero-order chi connectivity index (χ0) is 37.0. The van der Waals surface area contributed by atoms with E-state index in [-0.39, 0.29) is 17.7 Å². The molecule has 3 fully saturated rings. The van der Waals surface area contributed by atoms with Crippen molar-refractivity contribution >= 4 is 34.6 Å². The second-order valence-corrected chi connectivity index (χ2v) is 17.4. The van der Waals surface area contributed by atoms with E-state index in [1.54, 1.807) is 17.7 Å². The Hall–Kier alpha value is -4.22. The van der Waals surface area contributed by atoms with Gasteiger partial charge in [0.2, 0.25) is 5.88 Å². The van der Waals surface area contributed by atoms with Crippen molar-refractivity contribution in [2.75, 3.05) is 52.2 Å². The van der Waals surface area contributed by atoms with Crippen LogP contribution in [0.15, 0.2) is 21.6 Å². The van der Waals surface area contributed by atoms with E-state index >= 15 is 0 Å². The quantitative estimate of drug-likeness (QED) is 0.189. The first-order valence-corrected chi connectivity index (χ1v) is 19.3. The third-order valence-corrected chi connectivity index (χ3v) is 12.1. The van der Waals surface area contributed by atoms with E-state index in [4.69, 9.17) is 24.0 Å². The normalized spacial score (nSPS) is 23.5. The lowest BCUT2D eigenvalue weighted by molar-refractivity contribution is 0.0106. The molecule has 2 saturated heterocycles. The number of carbonyl (C=O) groups excluding carboxylic acids is 1. The number of aryl methyl sites for hydroxylation is 1. The lowest BCUT2D eigenvalue weighted by Crippen LogP contribution is -2.58. The highest BCUT2D eigenvalue weighted by Gasteiger charge is 2.54. The van der Waals surface area contributed by atoms with E-state index < -0.39 is 11.0 Å². The molecule has 0 unspecified atom stereocenters. The van der Waals surface area contributed by atoms with E-state index in [0.717, 1.165) is 67.7 Å². The van der Waals surface area contributed by atoms with Crippen LogP contribution >= 0.6 is 11.3 Å². The lowest BCUT2D eigenvalue weighted by Gasteiger charge is -2.42. The molecule has 3 atom stereocenters. The molecule has 3 aromatic heterocycles. The Morgan fingerprint density at radius 3 is 2.65 bits per heavy atom. The highest BCUT2D eigenvalue weighted by atomic mass is 32.1. The minimum atomic E-state index is -0.568. The van der Waals surface area contributed by atoms with Crippen molar-refractivity contribution < 1.29 is 18.8 Å². The smallest absolute Gasteiger partial charge is 0.410 e. The van der Waals surface area contributed by atoms with Crippen LogP contribution in [0.25, 0.3) is 11.5 Å². The van der Waals surface area contributed by atoms with Crippen LogP contribution in [0.5, 0.6) is 5.88 Å². The molecule has 0 radical (unpaired) electrons. The summed E-state index contributed by atoms with van der Waals surface area (Å²) in [6, 6.07) is 6.59. The molecule has 0 N–H and O–H groups in total. The number of anilines is 1. The van der Waals surface area contributed by atoms with Crippen LogP contribution in [0.1, 0.15) is 94.9 Å². The number of likely N-dealkylation sites (N-methyl/N-ethyl adjacent to an activating group) is 1. The van der Waals surface area contributed by atoms with Crippen molar-refractivity contribution in [3.63, 3.8) is 0 Å². The topological polar surface area (TPSA) is 136 Å². The molecule has 278 valence electrons. The number of aliphatic imine (C=N–C) groups is 1. The molecule has 13 nitrogen and oxygen atoms in total. The van der Waals surface area contributed by atoms with E-state index in [1.165, 1.54) is 0 Å². The second-order valence-electron chi connectivity index (χ2n) is 16.3. The van der Waals surface area contributed by atoms with Gasteiger partial charge in [0.15, 0.2) is 11.5 Å². The van der Waals surface area contributed by atoms with Crippen LogP contribution < -0.4 is 9.64 Å². The standard InChI is InChI=1S/C38H51N9O4S/c1-24(27-11-10-16-45(27)8)49-31-20-30(46-17-18-47(38(22-46)14-15-38)35(48)50-36(2,3)4)41-33(42-31)26-19-29(51-43-26)37(5)13-9-12-28-32(37)25(21-39)34(52-28)40-23-44(6)7/h19-20,23-24,27H,9-18,22H2,1-8H3/b40-23+/t24-,27-,37+/m0/s1. The van der Waals surface area contributed by atoms with Crippen molar-refractivity contribution in [2.24, 2.45) is 4.99 Å². The summed E-state index contributed by atoms with van der Waals surface area (Å²) in [5.41, 5.74) is 0.671. The first-order valence-electron chi connectivity index (χ1n) is 18.5. The molecule has 1 saturated carbocycles. The number of aromatic nitrogens is 3. The number of ether oxygens (including phenoxy) is 2. The number of piperazine rings is 1. The van der Waals surface area contributed by atoms with Crippen molar-refractivity contribution in [3.8, 4) is 23.5 Å². The summed E-state index contributed by atoms with van der Waals surface area (Å²) in [5, 5.41) is 15.6. The number of fused-ring (bicyclic) bond motifs is 1. The Bertz CT molecular complexity index is 1890. The van der Waals surface area contributed by atoms with Crippen molar-refractivity contribution in [2.45, 2.75) is 108 Å². The highest BCUT2D eigenvalue weighted by Crippen LogP contribution is 2.51. The maximum atomic E-state index is 13.2. The molecular weight excluding hydrogens is 679 g/mol. The molecule has 14 heteroatoms. The molecule has 2 aliphatic heterocycles. The monoisotopic (exact) mass is 729 g/mol. The predicted molar refractivity (Wildman–Crippen MR) is 201 cm³/mol. The van der Waals surface area contributed by atoms with Gasteiger partial charge in [0.1, 0.15) is 34.4 Å². The minimum Gasteiger partial charge on any atom is -0.473 e. The number of carbonyl (C=O) groups is 1. The Kier molecular flexibility index (Phi) is 9.48. The summed E-state index contributed by atoms with van der Waals surface area (Å²) in [5.74, 6) is 2.29. The number of hydrogen-bond acceptors (Lipinski definition) is 12. The summed E-state index contributed by atoms with van der Waals surface area (Å²) in [7, 11) is 5.97. The molecule has 1 spiro atoms. The molecule has 52 heavy (non-hydrogen) atoms. The lowest BCUT2D eigenvalue weighted by atomic mass is 9.71. The fourth-order valence-electron chi connectivity index (χ4n) is 8.10. The average molecular weight is 730 g/mol. The zero-order valence-electron chi connectivity index (χ0n) is 31.7. The van der Waals surface area contributed by atoms with Gasteiger partial charge >= 0.3 is 6.09 Å².